The summed E-state index contributed by atoms with van der Waals surface area (Å²) in [6, 6.07) is 14.8. The molecular weight excluding hydrogens is 335 g/mol. The van der Waals surface area contributed by atoms with Gasteiger partial charge in [0.15, 0.2) is 0 Å². The van der Waals surface area contributed by atoms with E-state index < -0.39 is 11.7 Å². The van der Waals surface area contributed by atoms with E-state index >= 15 is 0 Å². The van der Waals surface area contributed by atoms with Crippen molar-refractivity contribution < 1.29 is 13.9 Å². The molecule has 7 heteroatoms. The van der Waals surface area contributed by atoms with Crippen molar-refractivity contribution in [2.75, 3.05) is 17.7 Å². The third kappa shape index (κ3) is 4.13. The molecule has 1 heterocycles. The van der Waals surface area contributed by atoms with Crippen LogP contribution in [0.25, 0.3) is 0 Å². The Labute approximate surface area is 150 Å². The molecule has 2 aromatic carbocycles. The van der Waals surface area contributed by atoms with Gasteiger partial charge in [-0.05, 0) is 31.2 Å². The molecule has 0 aliphatic rings. The Morgan fingerprint density at radius 3 is 2.65 bits per heavy atom. The number of anilines is 3. The molecule has 0 spiro atoms. The summed E-state index contributed by atoms with van der Waals surface area (Å²) in [7, 11) is 1.58. The van der Waals surface area contributed by atoms with Crippen molar-refractivity contribution in [3.63, 3.8) is 0 Å². The van der Waals surface area contributed by atoms with E-state index in [0.29, 0.717) is 17.4 Å². The van der Waals surface area contributed by atoms with Gasteiger partial charge in [0.1, 0.15) is 28.9 Å². The van der Waals surface area contributed by atoms with Gasteiger partial charge in [0.05, 0.1) is 12.8 Å². The van der Waals surface area contributed by atoms with Gasteiger partial charge in [0, 0.05) is 17.8 Å². The molecule has 0 unspecified atom stereocenters. The molecule has 0 saturated carbocycles. The van der Waals surface area contributed by atoms with Gasteiger partial charge in [0.25, 0.3) is 5.91 Å². The third-order valence-electron chi connectivity index (χ3n) is 3.53. The number of aromatic nitrogens is 2. The van der Waals surface area contributed by atoms with Gasteiger partial charge < -0.3 is 15.4 Å². The van der Waals surface area contributed by atoms with Gasteiger partial charge in [-0.3, -0.25) is 4.79 Å². The van der Waals surface area contributed by atoms with Crippen LogP contribution in [0, 0.1) is 12.7 Å². The average molecular weight is 352 g/mol. The zero-order valence-corrected chi connectivity index (χ0v) is 14.3. The predicted octanol–water partition coefficient (Wildman–Crippen LogP) is 3.93. The fourth-order valence-electron chi connectivity index (χ4n) is 2.35. The lowest BCUT2D eigenvalue weighted by atomic mass is 10.2. The second-order valence-electron chi connectivity index (χ2n) is 5.48. The molecule has 0 atom stereocenters. The Kier molecular flexibility index (Phi) is 5.07. The molecule has 6 nitrogen and oxygen atoms in total. The molecule has 0 saturated heterocycles. The number of aryl methyl sites for hydroxylation is 1. The van der Waals surface area contributed by atoms with E-state index in [9.17, 15) is 9.18 Å². The fraction of sp³-hybridized carbons (Fsp3) is 0.105. The van der Waals surface area contributed by atoms with Crippen molar-refractivity contribution in [2.45, 2.75) is 6.92 Å². The van der Waals surface area contributed by atoms with Crippen molar-refractivity contribution in [1.29, 1.82) is 0 Å². The molecule has 3 aromatic rings. The number of hydrogen-bond acceptors (Lipinski definition) is 5. The summed E-state index contributed by atoms with van der Waals surface area (Å²) < 4.78 is 18.9. The number of rotatable bonds is 5. The molecule has 1 aromatic heterocycles. The van der Waals surface area contributed by atoms with Crippen LogP contribution in [0.5, 0.6) is 5.75 Å². The lowest BCUT2D eigenvalue weighted by Crippen LogP contribution is -2.16. The van der Waals surface area contributed by atoms with Crippen LogP contribution in [-0.4, -0.2) is 23.0 Å². The second kappa shape index (κ2) is 7.60. The van der Waals surface area contributed by atoms with Crippen LogP contribution in [0.3, 0.4) is 0 Å². The summed E-state index contributed by atoms with van der Waals surface area (Å²) >= 11 is 0. The molecule has 132 valence electrons. The average Bonchev–Trinajstić information content (AvgIpc) is 2.63. The van der Waals surface area contributed by atoms with Crippen molar-refractivity contribution >= 4 is 23.1 Å². The number of hydrogen-bond donors (Lipinski definition) is 2. The van der Waals surface area contributed by atoms with E-state index in [4.69, 9.17) is 4.74 Å². The van der Waals surface area contributed by atoms with E-state index in [1.165, 1.54) is 18.2 Å². The van der Waals surface area contributed by atoms with Crippen LogP contribution >= 0.6 is 0 Å². The summed E-state index contributed by atoms with van der Waals surface area (Å²) in [4.78, 5) is 20.8. The number of nitrogens with one attached hydrogen (secondary N) is 2. The maximum absolute atomic E-state index is 13.7. The maximum Gasteiger partial charge on any atom is 0.274 e. The predicted molar refractivity (Wildman–Crippen MR) is 97.4 cm³/mol. The maximum atomic E-state index is 13.7. The Morgan fingerprint density at radius 2 is 1.88 bits per heavy atom. The normalized spacial score (nSPS) is 10.3. The van der Waals surface area contributed by atoms with Crippen LogP contribution in [0.2, 0.25) is 0 Å². The highest BCUT2D eigenvalue weighted by Gasteiger charge is 2.13. The SMILES string of the molecule is COc1cccc(Nc2cc(C(=O)Nc3ccccc3F)nc(C)n2)c1. The molecule has 0 radical (unpaired) electrons. The second-order valence-corrected chi connectivity index (χ2v) is 5.48. The summed E-state index contributed by atoms with van der Waals surface area (Å²) in [5.74, 6) is 0.523. The van der Waals surface area contributed by atoms with Crippen molar-refractivity contribution in [3.8, 4) is 5.75 Å². The summed E-state index contributed by atoms with van der Waals surface area (Å²) in [5.41, 5.74) is 0.977. The summed E-state index contributed by atoms with van der Waals surface area (Å²) in [5, 5.41) is 5.62. The van der Waals surface area contributed by atoms with Crippen LogP contribution < -0.4 is 15.4 Å². The first kappa shape index (κ1) is 17.3. The number of nitrogens with zero attached hydrogens (tertiary/aromatic N) is 2. The van der Waals surface area contributed by atoms with E-state index in [1.807, 2.05) is 18.2 Å². The van der Waals surface area contributed by atoms with Crippen molar-refractivity contribution in [2.24, 2.45) is 0 Å². The highest BCUT2D eigenvalue weighted by atomic mass is 19.1. The fourth-order valence-corrected chi connectivity index (χ4v) is 2.35. The zero-order chi connectivity index (χ0) is 18.5. The highest BCUT2D eigenvalue weighted by Crippen LogP contribution is 2.21. The number of benzene rings is 2. The highest BCUT2D eigenvalue weighted by molar-refractivity contribution is 6.03. The standard InChI is InChI=1S/C19H17FN4O2/c1-12-21-17(19(25)24-16-9-4-3-8-15(16)20)11-18(22-12)23-13-6-5-7-14(10-13)26-2/h3-11H,1-2H3,(H,24,25)(H,21,22,23). The molecule has 0 aliphatic carbocycles. The van der Waals surface area contributed by atoms with E-state index in [0.717, 1.165) is 5.69 Å². The minimum absolute atomic E-state index is 0.0936. The topological polar surface area (TPSA) is 76.1 Å². The number of amides is 1. The van der Waals surface area contributed by atoms with Gasteiger partial charge in [0.2, 0.25) is 0 Å². The minimum atomic E-state index is -0.519. The van der Waals surface area contributed by atoms with Crippen molar-refractivity contribution in [3.05, 3.63) is 71.9 Å². The number of methoxy groups -OCH3 is 1. The lowest BCUT2D eigenvalue weighted by Gasteiger charge is -2.10. The summed E-state index contributed by atoms with van der Waals surface area (Å²) in [6.45, 7) is 1.68. The molecule has 0 aliphatic heterocycles. The Balaban J connectivity index is 1.83. The zero-order valence-electron chi connectivity index (χ0n) is 14.3. The van der Waals surface area contributed by atoms with E-state index in [-0.39, 0.29) is 11.4 Å². The molecule has 0 fully saturated rings. The van der Waals surface area contributed by atoms with Crippen molar-refractivity contribution in [1.82, 2.24) is 9.97 Å². The molecular formula is C19H17FN4O2. The first-order valence-corrected chi connectivity index (χ1v) is 7.88. The first-order valence-electron chi connectivity index (χ1n) is 7.88. The number of ether oxygens (including phenoxy) is 1. The van der Waals surface area contributed by atoms with E-state index in [2.05, 4.69) is 20.6 Å². The van der Waals surface area contributed by atoms with Crippen LogP contribution in [0.15, 0.2) is 54.6 Å². The number of carbonyl (C=O) groups is 1. The van der Waals surface area contributed by atoms with Crippen LogP contribution in [0.4, 0.5) is 21.6 Å². The molecule has 0 bridgehead atoms. The largest absolute Gasteiger partial charge is 0.497 e. The number of para-hydroxylation sites is 1. The number of halogens is 1. The first-order chi connectivity index (χ1) is 12.5. The van der Waals surface area contributed by atoms with Gasteiger partial charge in [-0.2, -0.15) is 0 Å². The minimum Gasteiger partial charge on any atom is -0.497 e. The van der Waals surface area contributed by atoms with Gasteiger partial charge in [-0.25, -0.2) is 14.4 Å². The Bertz CT molecular complexity index is 946. The van der Waals surface area contributed by atoms with Crippen LogP contribution in [-0.2, 0) is 0 Å². The Hall–Kier alpha value is -3.48. The molecule has 2 N–H and O–H groups in total. The van der Waals surface area contributed by atoms with Gasteiger partial charge >= 0.3 is 0 Å². The summed E-state index contributed by atoms with van der Waals surface area (Å²) in [6.07, 6.45) is 0. The number of carbonyl (C=O) groups excluding carboxylic acids is 1. The molecule has 1 amide bonds. The van der Waals surface area contributed by atoms with E-state index in [1.54, 1.807) is 32.2 Å². The third-order valence-corrected chi connectivity index (χ3v) is 3.53. The Morgan fingerprint density at radius 1 is 1.08 bits per heavy atom. The quantitative estimate of drug-likeness (QED) is 0.728. The molecule has 3 rings (SSSR count). The lowest BCUT2D eigenvalue weighted by molar-refractivity contribution is 0.102. The smallest absolute Gasteiger partial charge is 0.274 e. The van der Waals surface area contributed by atoms with Gasteiger partial charge in [-0.15, -0.1) is 0 Å². The van der Waals surface area contributed by atoms with Crippen LogP contribution in [0.1, 0.15) is 16.3 Å². The monoisotopic (exact) mass is 352 g/mol. The van der Waals surface area contributed by atoms with Gasteiger partial charge in [-0.1, -0.05) is 18.2 Å². The molecule has 26 heavy (non-hydrogen) atoms.